The van der Waals surface area contributed by atoms with E-state index in [9.17, 15) is 5.11 Å². The number of hydrogen-bond donors (Lipinski definition) is 2. The Hall–Kier alpha value is -0.0800. The minimum atomic E-state index is -0.428. The van der Waals surface area contributed by atoms with Gasteiger partial charge in [-0.25, -0.2) is 0 Å². The average Bonchev–Trinajstić information content (AvgIpc) is 2.66. The molecule has 2 aliphatic rings. The molecule has 2 saturated carbocycles. The van der Waals surface area contributed by atoms with Crippen LogP contribution in [0.5, 0.6) is 0 Å². The predicted octanol–water partition coefficient (Wildman–Crippen LogP) is 4.51. The summed E-state index contributed by atoms with van der Waals surface area (Å²) in [4.78, 5) is 0. The van der Waals surface area contributed by atoms with Gasteiger partial charge in [0.05, 0.1) is 5.60 Å². The lowest BCUT2D eigenvalue weighted by atomic mass is 9.76. The van der Waals surface area contributed by atoms with Crippen molar-refractivity contribution >= 4 is 0 Å². The van der Waals surface area contributed by atoms with E-state index < -0.39 is 5.60 Å². The van der Waals surface area contributed by atoms with Crippen LogP contribution in [0.25, 0.3) is 0 Å². The molecule has 2 N–H and O–H groups in total. The number of nitrogens with one attached hydrogen (secondary N) is 1. The van der Waals surface area contributed by atoms with Crippen molar-refractivity contribution < 1.29 is 5.11 Å². The molecule has 0 aromatic carbocycles. The topological polar surface area (TPSA) is 32.3 Å². The standard InChI is InChI=1S/C19H37NO/c1-15-10-12-19(21,13-11-15)14-20-17-7-5-6-16(8-9-17)18(2,3)4/h15-17,20-21H,5-14H2,1-4H3. The van der Waals surface area contributed by atoms with Crippen molar-refractivity contribution in [3.63, 3.8) is 0 Å². The summed E-state index contributed by atoms with van der Waals surface area (Å²) in [7, 11) is 0. The highest BCUT2D eigenvalue weighted by molar-refractivity contribution is 4.88. The molecule has 124 valence electrons. The molecule has 2 fully saturated rings. The highest BCUT2D eigenvalue weighted by atomic mass is 16.3. The molecule has 0 bridgehead atoms. The van der Waals surface area contributed by atoms with Gasteiger partial charge in [0.1, 0.15) is 0 Å². The Labute approximate surface area is 132 Å². The fourth-order valence-corrected chi connectivity index (χ4v) is 4.18. The summed E-state index contributed by atoms with van der Waals surface area (Å²) in [6.45, 7) is 10.3. The van der Waals surface area contributed by atoms with E-state index in [0.29, 0.717) is 11.5 Å². The van der Waals surface area contributed by atoms with Crippen LogP contribution in [0.1, 0.15) is 85.5 Å². The van der Waals surface area contributed by atoms with Crippen molar-refractivity contribution in [2.75, 3.05) is 6.54 Å². The fraction of sp³-hybridized carbons (Fsp3) is 1.00. The van der Waals surface area contributed by atoms with Gasteiger partial charge in [-0.05, 0) is 68.6 Å². The maximum Gasteiger partial charge on any atom is 0.0771 e. The van der Waals surface area contributed by atoms with Gasteiger partial charge in [-0.1, -0.05) is 34.1 Å². The van der Waals surface area contributed by atoms with Crippen LogP contribution in [0.15, 0.2) is 0 Å². The summed E-state index contributed by atoms with van der Waals surface area (Å²) in [6, 6.07) is 0.626. The Bertz CT molecular complexity index is 312. The van der Waals surface area contributed by atoms with Gasteiger partial charge in [-0.3, -0.25) is 0 Å². The van der Waals surface area contributed by atoms with E-state index >= 15 is 0 Å². The smallest absolute Gasteiger partial charge is 0.0771 e. The summed E-state index contributed by atoms with van der Waals surface area (Å²) in [5.74, 6) is 1.67. The maximum atomic E-state index is 10.7. The molecule has 2 aliphatic carbocycles. The average molecular weight is 296 g/mol. The van der Waals surface area contributed by atoms with Crippen LogP contribution in [0.2, 0.25) is 0 Å². The molecule has 2 nitrogen and oxygen atoms in total. The molecule has 2 atom stereocenters. The van der Waals surface area contributed by atoms with Gasteiger partial charge in [0.15, 0.2) is 0 Å². The second-order valence-electron chi connectivity index (χ2n) is 9.06. The van der Waals surface area contributed by atoms with Gasteiger partial charge in [-0.15, -0.1) is 0 Å². The van der Waals surface area contributed by atoms with E-state index in [0.717, 1.165) is 31.2 Å². The lowest BCUT2D eigenvalue weighted by molar-refractivity contribution is -0.00854. The molecule has 0 aromatic heterocycles. The predicted molar refractivity (Wildman–Crippen MR) is 90.4 cm³/mol. The molecule has 0 radical (unpaired) electrons. The first kappa shape index (κ1) is 17.3. The van der Waals surface area contributed by atoms with Crippen molar-refractivity contribution in [2.45, 2.75) is 97.1 Å². The van der Waals surface area contributed by atoms with Crippen molar-refractivity contribution in [1.82, 2.24) is 5.32 Å². The quantitative estimate of drug-likeness (QED) is 0.751. The molecule has 0 aliphatic heterocycles. The summed E-state index contributed by atoms with van der Waals surface area (Å²) >= 11 is 0. The second kappa shape index (κ2) is 7.00. The molecule has 21 heavy (non-hydrogen) atoms. The third-order valence-electron chi connectivity index (χ3n) is 6.12. The second-order valence-corrected chi connectivity index (χ2v) is 9.06. The van der Waals surface area contributed by atoms with Gasteiger partial charge in [0.25, 0.3) is 0 Å². The minimum absolute atomic E-state index is 0.428. The molecule has 0 aromatic rings. The zero-order valence-corrected chi connectivity index (χ0v) is 14.8. The van der Waals surface area contributed by atoms with E-state index in [4.69, 9.17) is 0 Å². The zero-order valence-electron chi connectivity index (χ0n) is 14.8. The molecule has 2 rings (SSSR count). The van der Waals surface area contributed by atoms with Crippen molar-refractivity contribution in [3.8, 4) is 0 Å². The minimum Gasteiger partial charge on any atom is -0.389 e. The first-order chi connectivity index (χ1) is 9.78. The third-order valence-corrected chi connectivity index (χ3v) is 6.12. The Morgan fingerprint density at radius 1 is 1.00 bits per heavy atom. The van der Waals surface area contributed by atoms with Crippen LogP contribution in [-0.2, 0) is 0 Å². The number of hydrogen-bond acceptors (Lipinski definition) is 2. The maximum absolute atomic E-state index is 10.7. The Kier molecular flexibility index (Phi) is 5.76. The largest absolute Gasteiger partial charge is 0.389 e. The fourth-order valence-electron chi connectivity index (χ4n) is 4.18. The first-order valence-electron chi connectivity index (χ1n) is 9.24. The summed E-state index contributed by atoms with van der Waals surface area (Å²) in [6.07, 6.45) is 11.0. The number of aliphatic hydroxyl groups is 1. The SMILES string of the molecule is CC1CCC(O)(CNC2CCCC(C(C)(C)C)CC2)CC1. The lowest BCUT2D eigenvalue weighted by Gasteiger charge is -2.36. The van der Waals surface area contributed by atoms with Crippen molar-refractivity contribution in [3.05, 3.63) is 0 Å². The molecule has 2 heteroatoms. The molecular weight excluding hydrogens is 258 g/mol. The zero-order chi connectivity index (χ0) is 15.5. The van der Waals surface area contributed by atoms with Crippen molar-refractivity contribution in [1.29, 1.82) is 0 Å². The molecular formula is C19H37NO. The van der Waals surface area contributed by atoms with Crippen LogP contribution >= 0.6 is 0 Å². The Balaban J connectivity index is 1.76. The van der Waals surface area contributed by atoms with Gasteiger partial charge in [-0.2, -0.15) is 0 Å². The highest BCUT2D eigenvalue weighted by Gasteiger charge is 2.33. The Morgan fingerprint density at radius 3 is 2.29 bits per heavy atom. The van der Waals surface area contributed by atoms with Crippen LogP contribution in [-0.4, -0.2) is 23.3 Å². The summed E-state index contributed by atoms with van der Waals surface area (Å²) in [5.41, 5.74) is 0.0227. The van der Waals surface area contributed by atoms with Crippen LogP contribution in [0.4, 0.5) is 0 Å². The number of rotatable bonds is 3. The monoisotopic (exact) mass is 295 g/mol. The van der Waals surface area contributed by atoms with E-state index in [1.54, 1.807) is 0 Å². The first-order valence-corrected chi connectivity index (χ1v) is 9.24. The molecule has 2 unspecified atom stereocenters. The van der Waals surface area contributed by atoms with Crippen LogP contribution in [0, 0.1) is 17.3 Å². The molecule has 0 spiro atoms. The van der Waals surface area contributed by atoms with Gasteiger partial charge in [0.2, 0.25) is 0 Å². The van der Waals surface area contributed by atoms with Crippen molar-refractivity contribution in [2.24, 2.45) is 17.3 Å². The normalized spacial score (nSPS) is 39.0. The summed E-state index contributed by atoms with van der Waals surface area (Å²) < 4.78 is 0. The lowest BCUT2D eigenvalue weighted by Crippen LogP contribution is -2.46. The molecule has 0 saturated heterocycles. The van der Waals surface area contributed by atoms with Gasteiger partial charge < -0.3 is 10.4 Å². The molecule has 0 amide bonds. The molecule has 0 heterocycles. The van der Waals surface area contributed by atoms with E-state index in [-0.39, 0.29) is 0 Å². The van der Waals surface area contributed by atoms with E-state index in [1.165, 1.54) is 44.9 Å². The van der Waals surface area contributed by atoms with E-state index in [2.05, 4.69) is 33.0 Å². The van der Waals surface area contributed by atoms with E-state index in [1.807, 2.05) is 0 Å². The third kappa shape index (κ3) is 5.25. The van der Waals surface area contributed by atoms with Gasteiger partial charge in [0, 0.05) is 12.6 Å². The highest BCUT2D eigenvalue weighted by Crippen LogP contribution is 2.37. The summed E-state index contributed by atoms with van der Waals surface area (Å²) in [5, 5.41) is 14.4. The van der Waals surface area contributed by atoms with Crippen LogP contribution in [0.3, 0.4) is 0 Å². The van der Waals surface area contributed by atoms with Crippen LogP contribution < -0.4 is 5.32 Å². The van der Waals surface area contributed by atoms with Gasteiger partial charge >= 0.3 is 0 Å². The Morgan fingerprint density at radius 2 is 1.67 bits per heavy atom.